The van der Waals surface area contributed by atoms with Gasteiger partial charge in [0.15, 0.2) is 5.82 Å². The molecule has 3 aromatic rings. The molecule has 1 amide bonds. The van der Waals surface area contributed by atoms with Gasteiger partial charge in [-0.15, -0.1) is 5.10 Å². The van der Waals surface area contributed by atoms with E-state index in [9.17, 15) is 10.1 Å². The normalized spacial score (nSPS) is 15.4. The molecule has 0 spiro atoms. The average Bonchev–Trinajstić information content (AvgIpc) is 3.56. The fourth-order valence-electron chi connectivity index (χ4n) is 3.84. The first-order valence-electron chi connectivity index (χ1n) is 10.7. The number of nitrogens with one attached hydrogen (secondary N) is 2. The number of carbonyl (C=O) groups excluding carboxylic acids is 1. The molecule has 9 nitrogen and oxygen atoms in total. The van der Waals surface area contributed by atoms with Crippen LogP contribution < -0.4 is 10.1 Å². The van der Waals surface area contributed by atoms with E-state index in [1.54, 1.807) is 7.11 Å². The highest BCUT2D eigenvalue weighted by molar-refractivity contribution is 7.99. The van der Waals surface area contributed by atoms with Gasteiger partial charge in [0.05, 0.1) is 31.1 Å². The molecule has 1 unspecified atom stereocenters. The van der Waals surface area contributed by atoms with Crippen LogP contribution in [0.15, 0.2) is 29.4 Å². The summed E-state index contributed by atoms with van der Waals surface area (Å²) in [5, 5.41) is 20.2. The first-order valence-corrected chi connectivity index (χ1v) is 11.7. The minimum absolute atomic E-state index is 0.0942. The Labute approximate surface area is 196 Å². The van der Waals surface area contributed by atoms with Crippen LogP contribution in [0.25, 0.3) is 11.4 Å². The van der Waals surface area contributed by atoms with Gasteiger partial charge >= 0.3 is 0 Å². The van der Waals surface area contributed by atoms with Gasteiger partial charge in [-0.1, -0.05) is 11.8 Å². The number of hydrogen-bond acceptors (Lipinski definition) is 7. The summed E-state index contributed by atoms with van der Waals surface area (Å²) in [6.07, 6.45) is 2.10. The number of nitrogens with zero attached hydrogens (tertiary/aromatic N) is 4. The first kappa shape index (κ1) is 22.9. The molecule has 1 fully saturated rings. The van der Waals surface area contributed by atoms with Crippen molar-refractivity contribution in [1.82, 2.24) is 19.7 Å². The number of H-pyrrole nitrogens is 1. The first-order chi connectivity index (χ1) is 16.0. The van der Waals surface area contributed by atoms with E-state index in [-0.39, 0.29) is 17.8 Å². The molecule has 172 valence electrons. The zero-order valence-corrected chi connectivity index (χ0v) is 19.7. The highest BCUT2D eigenvalue weighted by Gasteiger charge is 2.24. The van der Waals surface area contributed by atoms with Crippen LogP contribution in [0.2, 0.25) is 0 Å². The van der Waals surface area contributed by atoms with Gasteiger partial charge in [0.1, 0.15) is 17.6 Å². The Bertz CT molecular complexity index is 1170. The fourth-order valence-corrected chi connectivity index (χ4v) is 4.44. The number of aromatic nitrogens is 4. The maximum absolute atomic E-state index is 12.7. The summed E-state index contributed by atoms with van der Waals surface area (Å²) in [6, 6.07) is 9.70. The van der Waals surface area contributed by atoms with Gasteiger partial charge in [-0.2, -0.15) is 5.26 Å². The van der Waals surface area contributed by atoms with E-state index in [0.29, 0.717) is 28.9 Å². The van der Waals surface area contributed by atoms with Crippen molar-refractivity contribution in [3.8, 4) is 23.2 Å². The van der Waals surface area contributed by atoms with Crippen LogP contribution in [-0.4, -0.2) is 51.2 Å². The lowest BCUT2D eigenvalue weighted by Crippen LogP contribution is -2.22. The van der Waals surface area contributed by atoms with E-state index in [0.717, 1.165) is 42.0 Å². The molecular formula is C23H26N6O3S. The van der Waals surface area contributed by atoms with Gasteiger partial charge in [0.2, 0.25) is 11.1 Å². The smallest absolute Gasteiger partial charge is 0.235 e. The number of methoxy groups -OCH3 is 1. The van der Waals surface area contributed by atoms with Crippen LogP contribution in [0.5, 0.6) is 5.75 Å². The highest BCUT2D eigenvalue weighted by atomic mass is 32.2. The molecule has 1 aliphatic heterocycles. The molecule has 0 saturated carbocycles. The van der Waals surface area contributed by atoms with Gasteiger partial charge in [0.25, 0.3) is 0 Å². The van der Waals surface area contributed by atoms with E-state index in [1.807, 2.05) is 42.7 Å². The number of benzene rings is 1. The summed E-state index contributed by atoms with van der Waals surface area (Å²) in [6.45, 7) is 5.23. The predicted octanol–water partition coefficient (Wildman–Crippen LogP) is 3.68. The van der Waals surface area contributed by atoms with Crippen molar-refractivity contribution in [2.45, 2.75) is 44.5 Å². The summed E-state index contributed by atoms with van der Waals surface area (Å²) < 4.78 is 12.9. The molecule has 1 saturated heterocycles. The lowest BCUT2D eigenvalue weighted by atomic mass is 10.2. The Morgan fingerprint density at radius 2 is 2.18 bits per heavy atom. The van der Waals surface area contributed by atoms with Crippen molar-refractivity contribution in [2.75, 3.05) is 24.8 Å². The SMILES string of the molecule is COc1ccc(-c2nc(SCC(=O)Nc3c(C#N)c(C)c(C)n3CC3CCCO3)n[nH]2)cc1. The van der Waals surface area contributed by atoms with Crippen molar-refractivity contribution < 1.29 is 14.3 Å². The Kier molecular flexibility index (Phi) is 7.01. The summed E-state index contributed by atoms with van der Waals surface area (Å²) in [7, 11) is 1.62. The van der Waals surface area contributed by atoms with Crippen LogP contribution in [0.3, 0.4) is 0 Å². The topological polar surface area (TPSA) is 118 Å². The number of anilines is 1. The summed E-state index contributed by atoms with van der Waals surface area (Å²) in [4.78, 5) is 17.2. The number of nitriles is 1. The predicted molar refractivity (Wildman–Crippen MR) is 125 cm³/mol. The molecule has 1 aliphatic rings. The van der Waals surface area contributed by atoms with E-state index in [1.165, 1.54) is 11.8 Å². The Balaban J connectivity index is 1.42. The summed E-state index contributed by atoms with van der Waals surface area (Å²) in [5.41, 5.74) is 3.19. The van der Waals surface area contributed by atoms with Crippen LogP contribution in [0.4, 0.5) is 5.82 Å². The third kappa shape index (κ3) is 5.05. The van der Waals surface area contributed by atoms with E-state index in [4.69, 9.17) is 9.47 Å². The molecule has 0 radical (unpaired) electrons. The lowest BCUT2D eigenvalue weighted by Gasteiger charge is -2.16. The molecule has 0 aliphatic carbocycles. The van der Waals surface area contributed by atoms with E-state index >= 15 is 0 Å². The van der Waals surface area contributed by atoms with E-state index in [2.05, 4.69) is 26.6 Å². The van der Waals surface area contributed by atoms with Crippen molar-refractivity contribution in [3.05, 3.63) is 41.1 Å². The molecular weight excluding hydrogens is 440 g/mol. The molecule has 33 heavy (non-hydrogen) atoms. The largest absolute Gasteiger partial charge is 0.497 e. The van der Waals surface area contributed by atoms with Gasteiger partial charge in [-0.05, 0) is 56.5 Å². The Morgan fingerprint density at radius 3 is 2.85 bits per heavy atom. The van der Waals surface area contributed by atoms with Gasteiger partial charge < -0.3 is 19.4 Å². The average molecular weight is 467 g/mol. The molecule has 2 aromatic heterocycles. The minimum Gasteiger partial charge on any atom is -0.497 e. The van der Waals surface area contributed by atoms with Crippen molar-refractivity contribution in [1.29, 1.82) is 5.26 Å². The third-order valence-electron chi connectivity index (χ3n) is 5.77. The number of ether oxygens (including phenoxy) is 2. The van der Waals surface area contributed by atoms with Crippen LogP contribution in [-0.2, 0) is 16.1 Å². The molecule has 2 N–H and O–H groups in total. The van der Waals surface area contributed by atoms with Gasteiger partial charge in [0, 0.05) is 17.9 Å². The molecule has 0 bridgehead atoms. The number of rotatable bonds is 8. The molecule has 1 atom stereocenters. The van der Waals surface area contributed by atoms with E-state index < -0.39 is 0 Å². The van der Waals surface area contributed by atoms with Crippen LogP contribution >= 0.6 is 11.8 Å². The zero-order chi connectivity index (χ0) is 23.4. The fraction of sp³-hybridized carbons (Fsp3) is 0.391. The standard InChI is InChI=1S/C23H26N6O3S/c1-14-15(2)29(12-18-5-4-10-32-18)22(19(14)11-24)25-20(30)13-33-23-26-21(27-28-23)16-6-8-17(31-3)9-7-16/h6-9,18H,4-5,10,12-13H2,1-3H3,(H,25,30)(H,26,27,28). The number of amides is 1. The van der Waals surface area contributed by atoms with Crippen LogP contribution in [0.1, 0.15) is 29.7 Å². The number of hydrogen-bond donors (Lipinski definition) is 2. The zero-order valence-electron chi connectivity index (χ0n) is 18.8. The minimum atomic E-state index is -0.224. The van der Waals surface area contributed by atoms with Crippen molar-refractivity contribution in [2.24, 2.45) is 0 Å². The number of aromatic amines is 1. The quantitative estimate of drug-likeness (QED) is 0.486. The molecule has 4 rings (SSSR count). The second-order valence-electron chi connectivity index (χ2n) is 7.82. The Hall–Kier alpha value is -3.29. The number of carbonyl (C=O) groups is 1. The molecule has 3 heterocycles. The van der Waals surface area contributed by atoms with Crippen molar-refractivity contribution in [3.63, 3.8) is 0 Å². The van der Waals surface area contributed by atoms with Crippen LogP contribution in [0, 0.1) is 25.2 Å². The Morgan fingerprint density at radius 1 is 1.39 bits per heavy atom. The summed E-state index contributed by atoms with van der Waals surface area (Å²) in [5.74, 6) is 1.80. The number of thioether (sulfide) groups is 1. The third-order valence-corrected chi connectivity index (χ3v) is 6.62. The van der Waals surface area contributed by atoms with Crippen molar-refractivity contribution >= 4 is 23.5 Å². The second kappa shape index (κ2) is 10.1. The summed E-state index contributed by atoms with van der Waals surface area (Å²) >= 11 is 1.23. The maximum atomic E-state index is 12.7. The van der Waals surface area contributed by atoms with Gasteiger partial charge in [-0.25, -0.2) is 4.98 Å². The highest BCUT2D eigenvalue weighted by Crippen LogP contribution is 2.29. The molecule has 1 aromatic carbocycles. The van der Waals surface area contributed by atoms with Gasteiger partial charge in [-0.3, -0.25) is 9.89 Å². The molecule has 10 heteroatoms. The lowest BCUT2D eigenvalue weighted by molar-refractivity contribution is -0.113. The second-order valence-corrected chi connectivity index (χ2v) is 8.77. The maximum Gasteiger partial charge on any atom is 0.235 e. The monoisotopic (exact) mass is 466 g/mol.